The second-order valence-electron chi connectivity index (χ2n) is 7.30. The number of hydrogen-bond acceptors (Lipinski definition) is 5. The first kappa shape index (κ1) is 16.9. The zero-order valence-electron chi connectivity index (χ0n) is 15.4. The molecule has 1 unspecified atom stereocenters. The van der Waals surface area contributed by atoms with Gasteiger partial charge in [0.05, 0.1) is 19.8 Å². The maximum atomic E-state index is 13.3. The van der Waals surface area contributed by atoms with Gasteiger partial charge in [-0.05, 0) is 30.4 Å². The van der Waals surface area contributed by atoms with Crippen LogP contribution in [0.15, 0.2) is 24.5 Å². The van der Waals surface area contributed by atoms with E-state index in [-0.39, 0.29) is 17.2 Å². The third-order valence-corrected chi connectivity index (χ3v) is 5.98. The second-order valence-corrected chi connectivity index (χ2v) is 7.30. The fourth-order valence-electron chi connectivity index (χ4n) is 4.45. The van der Waals surface area contributed by atoms with E-state index in [1.807, 2.05) is 22.6 Å². The molecule has 2 heterocycles. The van der Waals surface area contributed by atoms with E-state index in [0.29, 0.717) is 23.6 Å². The van der Waals surface area contributed by atoms with Gasteiger partial charge in [-0.3, -0.25) is 4.79 Å². The molecule has 0 bridgehead atoms. The minimum atomic E-state index is -0.0170. The van der Waals surface area contributed by atoms with Crippen LogP contribution in [0, 0.1) is 5.41 Å². The van der Waals surface area contributed by atoms with Gasteiger partial charge in [-0.15, -0.1) is 10.2 Å². The highest BCUT2D eigenvalue weighted by molar-refractivity contribution is 5.98. The normalized spacial score (nSPS) is 20.9. The Balaban J connectivity index is 1.65. The lowest BCUT2D eigenvalue weighted by atomic mass is 9.62. The standard InChI is InChI=1S/C19H24N4O3/c1-22-12-20-21-17(22)14-10-23(11-19(14)8-5-9-19)18(24)13-6-4-7-15(25-2)16(13)26-3/h4,6-7,12,14H,5,8-11H2,1-3H3. The van der Waals surface area contributed by atoms with Crippen LogP contribution < -0.4 is 9.47 Å². The molecule has 1 amide bonds. The Bertz CT molecular complexity index is 828. The molecule has 2 aromatic rings. The lowest BCUT2D eigenvalue weighted by Gasteiger charge is -2.42. The molecule has 2 fully saturated rings. The Labute approximate surface area is 152 Å². The zero-order valence-corrected chi connectivity index (χ0v) is 15.4. The smallest absolute Gasteiger partial charge is 0.257 e. The van der Waals surface area contributed by atoms with Crippen LogP contribution in [-0.4, -0.2) is 52.9 Å². The van der Waals surface area contributed by atoms with Crippen molar-refractivity contribution < 1.29 is 14.3 Å². The Hall–Kier alpha value is -2.57. The fourth-order valence-corrected chi connectivity index (χ4v) is 4.45. The molecular weight excluding hydrogens is 332 g/mol. The largest absolute Gasteiger partial charge is 0.493 e. The average Bonchev–Trinajstić information content (AvgIpc) is 3.23. The van der Waals surface area contributed by atoms with Crippen molar-refractivity contribution in [2.24, 2.45) is 12.5 Å². The van der Waals surface area contributed by atoms with Crippen molar-refractivity contribution in [3.05, 3.63) is 35.9 Å². The monoisotopic (exact) mass is 356 g/mol. The highest BCUT2D eigenvalue weighted by Gasteiger charge is 2.53. The molecule has 0 radical (unpaired) electrons. The van der Waals surface area contributed by atoms with Crippen molar-refractivity contribution in [3.8, 4) is 11.5 Å². The van der Waals surface area contributed by atoms with Gasteiger partial charge in [0.1, 0.15) is 12.2 Å². The Morgan fingerprint density at radius 1 is 1.27 bits per heavy atom. The zero-order chi connectivity index (χ0) is 18.3. The number of ether oxygens (including phenoxy) is 2. The first-order valence-electron chi connectivity index (χ1n) is 8.94. The Morgan fingerprint density at radius 2 is 2.08 bits per heavy atom. The van der Waals surface area contributed by atoms with Crippen LogP contribution >= 0.6 is 0 Å². The summed E-state index contributed by atoms with van der Waals surface area (Å²) in [5, 5.41) is 8.37. The average molecular weight is 356 g/mol. The molecule has 1 spiro atoms. The van der Waals surface area contributed by atoms with Crippen molar-refractivity contribution in [1.29, 1.82) is 0 Å². The Morgan fingerprint density at radius 3 is 2.65 bits per heavy atom. The van der Waals surface area contributed by atoms with E-state index in [9.17, 15) is 4.79 Å². The summed E-state index contributed by atoms with van der Waals surface area (Å²) in [6, 6.07) is 5.42. The molecule has 4 rings (SSSR count). The molecule has 2 aliphatic rings. The number of amides is 1. The van der Waals surface area contributed by atoms with Crippen LogP contribution in [-0.2, 0) is 7.05 Å². The summed E-state index contributed by atoms with van der Waals surface area (Å²) in [6.45, 7) is 1.41. The SMILES string of the molecule is COc1cccc(C(=O)N2CC(c3nncn3C)C3(CCC3)C2)c1OC. The van der Waals surface area contributed by atoms with Crippen LogP contribution in [0.4, 0.5) is 0 Å². The van der Waals surface area contributed by atoms with E-state index in [1.54, 1.807) is 32.7 Å². The maximum absolute atomic E-state index is 13.3. The predicted molar refractivity (Wildman–Crippen MR) is 95.5 cm³/mol. The van der Waals surface area contributed by atoms with Crippen LogP contribution in [0.2, 0.25) is 0 Å². The van der Waals surface area contributed by atoms with Crippen LogP contribution in [0.3, 0.4) is 0 Å². The lowest BCUT2D eigenvalue weighted by Crippen LogP contribution is -2.38. The summed E-state index contributed by atoms with van der Waals surface area (Å²) < 4.78 is 12.8. The van der Waals surface area contributed by atoms with E-state index >= 15 is 0 Å². The number of likely N-dealkylation sites (tertiary alicyclic amines) is 1. The third-order valence-electron chi connectivity index (χ3n) is 5.98. The van der Waals surface area contributed by atoms with Gasteiger partial charge in [0.25, 0.3) is 5.91 Å². The maximum Gasteiger partial charge on any atom is 0.257 e. The van der Waals surface area contributed by atoms with Gasteiger partial charge in [-0.25, -0.2) is 0 Å². The Kier molecular flexibility index (Phi) is 4.09. The van der Waals surface area contributed by atoms with Gasteiger partial charge < -0.3 is 18.9 Å². The summed E-state index contributed by atoms with van der Waals surface area (Å²) in [4.78, 5) is 15.2. The summed E-state index contributed by atoms with van der Waals surface area (Å²) in [6.07, 6.45) is 5.20. The number of carbonyl (C=O) groups is 1. The van der Waals surface area contributed by atoms with Crippen molar-refractivity contribution in [3.63, 3.8) is 0 Å². The lowest BCUT2D eigenvalue weighted by molar-refractivity contribution is 0.0719. The molecule has 138 valence electrons. The van der Waals surface area contributed by atoms with Crippen molar-refractivity contribution in [2.45, 2.75) is 25.2 Å². The topological polar surface area (TPSA) is 69.5 Å². The summed E-state index contributed by atoms with van der Waals surface area (Å²) in [5.41, 5.74) is 0.669. The number of para-hydroxylation sites is 1. The third kappa shape index (κ3) is 2.45. The number of hydrogen-bond donors (Lipinski definition) is 0. The van der Waals surface area contributed by atoms with Crippen molar-refractivity contribution >= 4 is 5.91 Å². The number of carbonyl (C=O) groups excluding carboxylic acids is 1. The molecule has 26 heavy (non-hydrogen) atoms. The highest BCUT2D eigenvalue weighted by atomic mass is 16.5. The first-order chi connectivity index (χ1) is 12.6. The second kappa shape index (κ2) is 6.30. The molecule has 1 saturated carbocycles. The summed E-state index contributed by atoms with van der Waals surface area (Å²) >= 11 is 0. The van der Waals surface area contributed by atoms with Gasteiger partial charge in [0.2, 0.25) is 0 Å². The predicted octanol–water partition coefficient (Wildman–Crippen LogP) is 2.24. The number of aromatic nitrogens is 3. The molecule has 1 aromatic carbocycles. The molecule has 1 aromatic heterocycles. The van der Waals surface area contributed by atoms with Gasteiger partial charge in [0, 0.05) is 26.1 Å². The molecule has 1 saturated heterocycles. The van der Waals surface area contributed by atoms with Gasteiger partial charge in [0.15, 0.2) is 11.5 Å². The molecule has 7 nitrogen and oxygen atoms in total. The van der Waals surface area contributed by atoms with Crippen LogP contribution in [0.5, 0.6) is 11.5 Å². The quantitative estimate of drug-likeness (QED) is 0.840. The molecular formula is C19H24N4O3. The van der Waals surface area contributed by atoms with E-state index in [4.69, 9.17) is 9.47 Å². The van der Waals surface area contributed by atoms with Crippen LogP contribution in [0.1, 0.15) is 41.4 Å². The molecule has 1 aliphatic carbocycles. The van der Waals surface area contributed by atoms with E-state index in [2.05, 4.69) is 10.2 Å². The van der Waals surface area contributed by atoms with Crippen molar-refractivity contribution in [2.75, 3.05) is 27.3 Å². The molecule has 7 heteroatoms. The van der Waals surface area contributed by atoms with Crippen LogP contribution in [0.25, 0.3) is 0 Å². The summed E-state index contributed by atoms with van der Waals surface area (Å²) in [5.74, 6) is 2.24. The fraction of sp³-hybridized carbons (Fsp3) is 0.526. The van der Waals surface area contributed by atoms with Gasteiger partial charge in [-0.1, -0.05) is 12.5 Å². The number of nitrogens with zero attached hydrogens (tertiary/aromatic N) is 4. The number of aryl methyl sites for hydroxylation is 1. The molecule has 0 N–H and O–H groups in total. The van der Waals surface area contributed by atoms with Gasteiger partial charge in [-0.2, -0.15) is 0 Å². The minimum absolute atomic E-state index is 0.0170. The van der Waals surface area contributed by atoms with E-state index < -0.39 is 0 Å². The summed E-state index contributed by atoms with van der Waals surface area (Å²) in [7, 11) is 5.11. The minimum Gasteiger partial charge on any atom is -0.493 e. The van der Waals surface area contributed by atoms with E-state index in [1.165, 1.54) is 6.42 Å². The number of benzene rings is 1. The number of rotatable bonds is 4. The highest BCUT2D eigenvalue weighted by Crippen LogP contribution is 2.55. The first-order valence-corrected chi connectivity index (χ1v) is 8.94. The van der Waals surface area contributed by atoms with E-state index in [0.717, 1.165) is 25.2 Å². The molecule has 1 atom stereocenters. The number of methoxy groups -OCH3 is 2. The van der Waals surface area contributed by atoms with Crippen molar-refractivity contribution in [1.82, 2.24) is 19.7 Å². The van der Waals surface area contributed by atoms with Gasteiger partial charge >= 0.3 is 0 Å². The molecule has 1 aliphatic heterocycles.